The standard InChI is InChI=1S/C25H22FN3O5S/c1-16-7-13-20(14-8-16)35(33,34)27-25-24(21-5-3-4-6-23(21)29(25)17(2)30)22(15-28(31)32)18-9-11-19(26)12-10-18/h3-14,22,27H,15H2,1-2H3. The number of nitro groups is 1. The van der Waals surface area contributed by atoms with Gasteiger partial charge >= 0.3 is 0 Å². The Morgan fingerprint density at radius 3 is 2.29 bits per heavy atom. The Kier molecular flexibility index (Phi) is 6.40. The van der Waals surface area contributed by atoms with Crippen LogP contribution in [0, 0.1) is 22.9 Å². The fraction of sp³-hybridized carbons (Fsp3) is 0.160. The molecule has 1 N–H and O–H groups in total. The molecule has 0 saturated carbocycles. The van der Waals surface area contributed by atoms with Gasteiger partial charge in [-0.15, -0.1) is 0 Å². The van der Waals surface area contributed by atoms with E-state index in [1.54, 1.807) is 36.4 Å². The summed E-state index contributed by atoms with van der Waals surface area (Å²) < 4.78 is 44.0. The van der Waals surface area contributed by atoms with E-state index in [9.17, 15) is 27.7 Å². The zero-order chi connectivity index (χ0) is 25.3. The Morgan fingerprint density at radius 1 is 1.06 bits per heavy atom. The second kappa shape index (κ2) is 9.30. The second-order valence-corrected chi connectivity index (χ2v) is 9.85. The van der Waals surface area contributed by atoms with Gasteiger partial charge in [0.1, 0.15) is 11.6 Å². The molecule has 3 aromatic carbocycles. The van der Waals surface area contributed by atoms with Crippen LogP contribution in [0.1, 0.15) is 34.3 Å². The second-order valence-electron chi connectivity index (χ2n) is 8.17. The van der Waals surface area contributed by atoms with Crippen LogP contribution in [0.15, 0.2) is 77.7 Å². The number of anilines is 1. The Labute approximate surface area is 201 Å². The van der Waals surface area contributed by atoms with E-state index in [4.69, 9.17) is 0 Å². The molecule has 4 aromatic rings. The van der Waals surface area contributed by atoms with Crippen LogP contribution in [0.5, 0.6) is 0 Å². The van der Waals surface area contributed by atoms with Gasteiger partial charge in [0.05, 0.1) is 16.3 Å². The maximum atomic E-state index is 13.6. The van der Waals surface area contributed by atoms with Crippen LogP contribution in [0.2, 0.25) is 0 Å². The third-order valence-electron chi connectivity index (χ3n) is 5.74. The molecular weight excluding hydrogens is 473 g/mol. The van der Waals surface area contributed by atoms with Crippen molar-refractivity contribution in [1.82, 2.24) is 4.57 Å². The van der Waals surface area contributed by atoms with E-state index < -0.39 is 39.1 Å². The molecule has 35 heavy (non-hydrogen) atoms. The smallest absolute Gasteiger partial charge is 0.263 e. The zero-order valence-electron chi connectivity index (χ0n) is 18.9. The molecule has 8 nitrogen and oxygen atoms in total. The van der Waals surface area contributed by atoms with E-state index in [1.807, 2.05) is 6.92 Å². The van der Waals surface area contributed by atoms with Crippen LogP contribution in [0.3, 0.4) is 0 Å². The van der Waals surface area contributed by atoms with Crippen LogP contribution in [0.4, 0.5) is 10.2 Å². The highest BCUT2D eigenvalue weighted by Gasteiger charge is 2.32. The van der Waals surface area contributed by atoms with Crippen molar-refractivity contribution in [1.29, 1.82) is 0 Å². The van der Waals surface area contributed by atoms with Gasteiger partial charge in [-0.3, -0.25) is 24.2 Å². The number of para-hydroxylation sites is 1. The first-order valence-corrected chi connectivity index (χ1v) is 12.2. The highest BCUT2D eigenvalue weighted by molar-refractivity contribution is 7.92. The molecule has 1 aromatic heterocycles. The first-order chi connectivity index (χ1) is 16.6. The van der Waals surface area contributed by atoms with Crippen LogP contribution in [0.25, 0.3) is 10.9 Å². The zero-order valence-corrected chi connectivity index (χ0v) is 19.8. The van der Waals surface area contributed by atoms with Crippen molar-refractivity contribution in [2.24, 2.45) is 0 Å². The SMILES string of the molecule is CC(=O)n1c(NS(=O)(=O)c2ccc(C)cc2)c(C(C[N+](=O)[O-])c2ccc(F)cc2)c2ccccc21. The summed E-state index contributed by atoms with van der Waals surface area (Å²) in [4.78, 5) is 23.9. The number of benzene rings is 3. The highest BCUT2D eigenvalue weighted by Crippen LogP contribution is 2.40. The van der Waals surface area contributed by atoms with Gasteiger partial charge in [-0.1, -0.05) is 48.0 Å². The van der Waals surface area contributed by atoms with E-state index in [-0.39, 0.29) is 16.3 Å². The van der Waals surface area contributed by atoms with Gasteiger partial charge in [-0.2, -0.15) is 0 Å². The number of nitrogens with one attached hydrogen (secondary N) is 1. The number of carbonyl (C=O) groups excluding carboxylic acids is 1. The van der Waals surface area contributed by atoms with E-state index in [0.717, 1.165) is 5.56 Å². The molecule has 1 heterocycles. The number of carbonyl (C=O) groups is 1. The van der Waals surface area contributed by atoms with Crippen LogP contribution >= 0.6 is 0 Å². The lowest BCUT2D eigenvalue weighted by atomic mass is 9.90. The molecule has 1 atom stereocenters. The van der Waals surface area contributed by atoms with E-state index >= 15 is 0 Å². The molecule has 4 rings (SSSR count). The number of aromatic nitrogens is 1. The maximum absolute atomic E-state index is 13.6. The minimum Gasteiger partial charge on any atom is -0.274 e. The molecule has 0 aliphatic rings. The van der Waals surface area contributed by atoms with Crippen molar-refractivity contribution in [2.75, 3.05) is 11.3 Å². The summed E-state index contributed by atoms with van der Waals surface area (Å²) in [6, 6.07) is 18.1. The normalized spacial score (nSPS) is 12.4. The predicted molar refractivity (Wildman–Crippen MR) is 130 cm³/mol. The fourth-order valence-electron chi connectivity index (χ4n) is 4.16. The van der Waals surface area contributed by atoms with Crippen LogP contribution in [-0.4, -0.2) is 30.4 Å². The minimum atomic E-state index is -4.16. The molecule has 10 heteroatoms. The molecular formula is C25H22FN3O5S. The monoisotopic (exact) mass is 495 g/mol. The Hall–Kier alpha value is -4.05. The van der Waals surface area contributed by atoms with Gasteiger partial charge in [0.15, 0.2) is 0 Å². The van der Waals surface area contributed by atoms with Crippen molar-refractivity contribution in [3.05, 3.63) is 105 Å². The van der Waals surface area contributed by atoms with Gasteiger partial charge in [0.25, 0.3) is 10.0 Å². The molecule has 0 aliphatic heterocycles. The molecule has 0 radical (unpaired) electrons. The lowest BCUT2D eigenvalue weighted by Gasteiger charge is -2.18. The first-order valence-electron chi connectivity index (χ1n) is 10.7. The average Bonchev–Trinajstić information content (AvgIpc) is 3.11. The molecule has 0 bridgehead atoms. The van der Waals surface area contributed by atoms with Crippen molar-refractivity contribution in [3.8, 4) is 0 Å². The summed E-state index contributed by atoms with van der Waals surface area (Å²) in [5, 5.41) is 12.1. The number of fused-ring (bicyclic) bond motifs is 1. The summed E-state index contributed by atoms with van der Waals surface area (Å²) in [6.07, 6.45) is 0. The summed E-state index contributed by atoms with van der Waals surface area (Å²) in [7, 11) is -4.16. The molecule has 0 saturated heterocycles. The largest absolute Gasteiger partial charge is 0.274 e. The van der Waals surface area contributed by atoms with Crippen molar-refractivity contribution < 1.29 is 22.5 Å². The van der Waals surface area contributed by atoms with Crippen LogP contribution < -0.4 is 4.72 Å². The maximum Gasteiger partial charge on any atom is 0.263 e. The summed E-state index contributed by atoms with van der Waals surface area (Å²) >= 11 is 0. The van der Waals surface area contributed by atoms with Gasteiger partial charge in [-0.25, -0.2) is 12.8 Å². The lowest BCUT2D eigenvalue weighted by Crippen LogP contribution is -2.21. The fourth-order valence-corrected chi connectivity index (χ4v) is 5.22. The Balaban J connectivity index is 2.01. The van der Waals surface area contributed by atoms with Gasteiger partial charge < -0.3 is 0 Å². The third kappa shape index (κ3) is 4.78. The van der Waals surface area contributed by atoms with Gasteiger partial charge in [0, 0.05) is 22.8 Å². The number of halogens is 1. The lowest BCUT2D eigenvalue weighted by molar-refractivity contribution is -0.481. The van der Waals surface area contributed by atoms with Crippen LogP contribution in [-0.2, 0) is 10.0 Å². The van der Waals surface area contributed by atoms with E-state index in [0.29, 0.717) is 16.5 Å². The quantitative estimate of drug-likeness (QED) is 0.288. The highest BCUT2D eigenvalue weighted by atomic mass is 32.2. The molecule has 1 unspecified atom stereocenters. The number of nitrogens with zero attached hydrogens (tertiary/aromatic N) is 2. The summed E-state index contributed by atoms with van der Waals surface area (Å²) in [5.41, 5.74) is 1.93. The predicted octanol–water partition coefficient (Wildman–Crippen LogP) is 4.96. The number of aryl methyl sites for hydroxylation is 1. The van der Waals surface area contributed by atoms with E-state index in [2.05, 4.69) is 4.72 Å². The summed E-state index contributed by atoms with van der Waals surface area (Å²) in [5.74, 6) is -2.05. The van der Waals surface area contributed by atoms with Crippen molar-refractivity contribution in [3.63, 3.8) is 0 Å². The van der Waals surface area contributed by atoms with Crippen molar-refractivity contribution >= 4 is 32.7 Å². The number of hydrogen-bond acceptors (Lipinski definition) is 5. The topological polar surface area (TPSA) is 111 Å². The number of hydrogen-bond donors (Lipinski definition) is 1. The molecule has 0 spiro atoms. The van der Waals surface area contributed by atoms with Gasteiger partial charge in [0.2, 0.25) is 12.5 Å². The number of rotatable bonds is 7. The molecule has 0 fully saturated rings. The first kappa shape index (κ1) is 24.1. The number of sulfonamides is 1. The Bertz CT molecular complexity index is 1530. The van der Waals surface area contributed by atoms with Gasteiger partial charge in [-0.05, 0) is 42.8 Å². The minimum absolute atomic E-state index is 0.0259. The average molecular weight is 496 g/mol. The molecule has 0 aliphatic carbocycles. The summed E-state index contributed by atoms with van der Waals surface area (Å²) in [6.45, 7) is 2.50. The molecule has 0 amide bonds. The molecule has 180 valence electrons. The van der Waals surface area contributed by atoms with E-state index in [1.165, 1.54) is 47.9 Å². The Morgan fingerprint density at radius 2 is 1.69 bits per heavy atom. The van der Waals surface area contributed by atoms with Crippen molar-refractivity contribution in [2.45, 2.75) is 24.7 Å². The third-order valence-corrected chi connectivity index (χ3v) is 7.10.